The summed E-state index contributed by atoms with van der Waals surface area (Å²) in [6.07, 6.45) is 0.699. The number of nitrogens with one attached hydrogen (secondary N) is 1. The Morgan fingerprint density at radius 2 is 1.39 bits per heavy atom. The molecule has 1 amide bonds. The van der Waals surface area contributed by atoms with Gasteiger partial charge in [-0.1, -0.05) is 67.6 Å². The SMILES string of the molecule is CC[C@H](C)NS(=O)(=O)c1ccc(OCC(=O)N(Cc2ccccc2)Cc2ccccc2)cc1. The number of nitrogens with zero attached hydrogens (tertiary/aromatic N) is 1. The van der Waals surface area contributed by atoms with Crippen LogP contribution >= 0.6 is 0 Å². The summed E-state index contributed by atoms with van der Waals surface area (Å²) in [4.78, 5) is 14.9. The van der Waals surface area contributed by atoms with E-state index in [9.17, 15) is 13.2 Å². The Kier molecular flexibility index (Phi) is 8.63. The average Bonchev–Trinajstić information content (AvgIpc) is 2.83. The molecule has 0 spiro atoms. The van der Waals surface area contributed by atoms with E-state index in [0.717, 1.165) is 11.1 Å². The van der Waals surface area contributed by atoms with Gasteiger partial charge in [0.1, 0.15) is 5.75 Å². The van der Waals surface area contributed by atoms with Gasteiger partial charge in [-0.15, -0.1) is 0 Å². The molecule has 0 saturated heterocycles. The highest BCUT2D eigenvalue weighted by atomic mass is 32.2. The summed E-state index contributed by atoms with van der Waals surface area (Å²) >= 11 is 0. The van der Waals surface area contributed by atoms with Crippen LogP contribution in [0.5, 0.6) is 5.75 Å². The molecular formula is C26H30N2O4S. The Balaban J connectivity index is 1.65. The fourth-order valence-electron chi connectivity index (χ4n) is 3.21. The van der Waals surface area contributed by atoms with E-state index in [-0.39, 0.29) is 23.5 Å². The Bertz CT molecular complexity index is 1080. The highest BCUT2D eigenvalue weighted by molar-refractivity contribution is 7.89. The predicted octanol–water partition coefficient (Wildman–Crippen LogP) is 4.37. The van der Waals surface area contributed by atoms with E-state index in [1.165, 1.54) is 12.1 Å². The molecule has 3 aromatic rings. The Morgan fingerprint density at radius 3 is 1.88 bits per heavy atom. The highest BCUT2D eigenvalue weighted by Crippen LogP contribution is 2.17. The van der Waals surface area contributed by atoms with Crippen molar-refractivity contribution in [3.8, 4) is 5.75 Å². The van der Waals surface area contributed by atoms with Crippen molar-refractivity contribution in [3.63, 3.8) is 0 Å². The van der Waals surface area contributed by atoms with Gasteiger partial charge in [-0.05, 0) is 48.7 Å². The number of ether oxygens (including phenoxy) is 1. The lowest BCUT2D eigenvalue weighted by Crippen LogP contribution is -2.34. The van der Waals surface area contributed by atoms with Crippen molar-refractivity contribution in [2.24, 2.45) is 0 Å². The minimum absolute atomic E-state index is 0.142. The van der Waals surface area contributed by atoms with Crippen molar-refractivity contribution in [2.75, 3.05) is 6.61 Å². The second kappa shape index (κ2) is 11.6. The van der Waals surface area contributed by atoms with Gasteiger partial charge in [0.05, 0.1) is 4.90 Å². The summed E-state index contributed by atoms with van der Waals surface area (Å²) in [5.41, 5.74) is 2.07. The molecule has 1 N–H and O–H groups in total. The molecule has 0 bridgehead atoms. The zero-order chi connectivity index (χ0) is 23.7. The third-order valence-electron chi connectivity index (χ3n) is 5.25. The van der Waals surface area contributed by atoms with Crippen molar-refractivity contribution in [2.45, 2.75) is 44.3 Å². The molecule has 3 aromatic carbocycles. The lowest BCUT2D eigenvalue weighted by Gasteiger charge is -2.23. The number of amides is 1. The molecule has 6 nitrogen and oxygen atoms in total. The maximum Gasteiger partial charge on any atom is 0.261 e. The van der Waals surface area contributed by atoms with Crippen LogP contribution < -0.4 is 9.46 Å². The number of hydrogen-bond donors (Lipinski definition) is 1. The van der Waals surface area contributed by atoms with Crippen molar-refractivity contribution in [3.05, 3.63) is 96.1 Å². The minimum atomic E-state index is -3.58. The first-order valence-electron chi connectivity index (χ1n) is 11.0. The average molecular weight is 467 g/mol. The molecule has 33 heavy (non-hydrogen) atoms. The first kappa shape index (κ1) is 24.5. The number of hydrogen-bond acceptors (Lipinski definition) is 4. The predicted molar refractivity (Wildman–Crippen MR) is 129 cm³/mol. The van der Waals surface area contributed by atoms with Crippen molar-refractivity contribution < 1.29 is 17.9 Å². The van der Waals surface area contributed by atoms with Crippen LogP contribution in [0.2, 0.25) is 0 Å². The maximum atomic E-state index is 13.0. The molecule has 0 fully saturated rings. The van der Waals surface area contributed by atoms with E-state index in [2.05, 4.69) is 4.72 Å². The summed E-state index contributed by atoms with van der Waals surface area (Å²) in [7, 11) is -3.58. The first-order valence-corrected chi connectivity index (χ1v) is 12.5. The molecule has 0 aliphatic carbocycles. The van der Waals surface area contributed by atoms with Gasteiger partial charge in [0.15, 0.2) is 6.61 Å². The van der Waals surface area contributed by atoms with Gasteiger partial charge in [0.25, 0.3) is 5.91 Å². The van der Waals surface area contributed by atoms with E-state index in [1.54, 1.807) is 17.0 Å². The number of carbonyl (C=O) groups is 1. The van der Waals surface area contributed by atoms with E-state index >= 15 is 0 Å². The zero-order valence-corrected chi connectivity index (χ0v) is 19.8. The van der Waals surface area contributed by atoms with E-state index in [4.69, 9.17) is 4.74 Å². The van der Waals surface area contributed by atoms with Crippen LogP contribution in [-0.4, -0.2) is 31.9 Å². The third-order valence-corrected chi connectivity index (χ3v) is 6.86. The van der Waals surface area contributed by atoms with Crippen LogP contribution in [0.4, 0.5) is 0 Å². The number of carbonyl (C=O) groups excluding carboxylic acids is 1. The number of sulfonamides is 1. The van der Waals surface area contributed by atoms with Crippen LogP contribution in [0.25, 0.3) is 0 Å². The largest absolute Gasteiger partial charge is 0.484 e. The summed E-state index contributed by atoms with van der Waals surface area (Å²) in [5, 5.41) is 0. The molecule has 0 aromatic heterocycles. The Hall–Kier alpha value is -3.16. The van der Waals surface area contributed by atoms with Crippen LogP contribution in [0.3, 0.4) is 0 Å². The lowest BCUT2D eigenvalue weighted by atomic mass is 10.1. The summed E-state index contributed by atoms with van der Waals surface area (Å²) in [6, 6.07) is 25.6. The van der Waals surface area contributed by atoms with Crippen molar-refractivity contribution in [1.82, 2.24) is 9.62 Å². The molecule has 7 heteroatoms. The van der Waals surface area contributed by atoms with Gasteiger partial charge in [0, 0.05) is 19.1 Å². The maximum absolute atomic E-state index is 13.0. The van der Waals surface area contributed by atoms with Crippen LogP contribution in [0, 0.1) is 0 Å². The fraction of sp³-hybridized carbons (Fsp3) is 0.269. The fourth-order valence-corrected chi connectivity index (χ4v) is 4.53. The van der Waals surface area contributed by atoms with E-state index in [0.29, 0.717) is 25.3 Å². The zero-order valence-electron chi connectivity index (χ0n) is 19.0. The standard InChI is InChI=1S/C26H30N2O4S/c1-3-21(2)27-33(30,31)25-16-14-24(15-17-25)32-20-26(29)28(18-22-10-6-4-7-11-22)19-23-12-8-5-9-13-23/h4-17,21,27H,3,18-20H2,1-2H3/t21-/m0/s1. The number of rotatable bonds is 11. The second-order valence-corrected chi connectivity index (χ2v) is 9.63. The van der Waals surface area contributed by atoms with Gasteiger partial charge in [0.2, 0.25) is 10.0 Å². The van der Waals surface area contributed by atoms with Crippen molar-refractivity contribution >= 4 is 15.9 Å². The summed E-state index contributed by atoms with van der Waals surface area (Å²) in [5.74, 6) is 0.281. The normalized spacial score (nSPS) is 12.2. The topological polar surface area (TPSA) is 75.7 Å². The molecule has 0 heterocycles. The van der Waals surface area contributed by atoms with Crippen LogP contribution in [0.15, 0.2) is 89.8 Å². The Labute approximate surface area is 196 Å². The molecule has 0 aliphatic heterocycles. The molecule has 0 unspecified atom stereocenters. The molecule has 1 atom stereocenters. The van der Waals surface area contributed by atoms with Crippen molar-refractivity contribution in [1.29, 1.82) is 0 Å². The minimum Gasteiger partial charge on any atom is -0.484 e. The molecular weight excluding hydrogens is 436 g/mol. The third kappa shape index (κ3) is 7.44. The number of benzene rings is 3. The molecule has 0 radical (unpaired) electrons. The van der Waals surface area contributed by atoms with E-state index < -0.39 is 10.0 Å². The van der Waals surface area contributed by atoms with Crippen LogP contribution in [0.1, 0.15) is 31.4 Å². The van der Waals surface area contributed by atoms with Gasteiger partial charge >= 0.3 is 0 Å². The molecule has 174 valence electrons. The monoisotopic (exact) mass is 466 g/mol. The summed E-state index contributed by atoms with van der Waals surface area (Å²) < 4.78 is 33.1. The van der Waals surface area contributed by atoms with Gasteiger partial charge < -0.3 is 9.64 Å². The second-order valence-electron chi connectivity index (χ2n) is 7.91. The van der Waals surface area contributed by atoms with Gasteiger partial charge in [-0.3, -0.25) is 4.79 Å². The Morgan fingerprint density at radius 1 is 0.879 bits per heavy atom. The lowest BCUT2D eigenvalue weighted by molar-refractivity contribution is -0.134. The smallest absolute Gasteiger partial charge is 0.261 e. The molecule has 0 saturated carbocycles. The first-order chi connectivity index (χ1) is 15.9. The van der Waals surface area contributed by atoms with E-state index in [1.807, 2.05) is 74.5 Å². The molecule has 3 rings (SSSR count). The van der Waals surface area contributed by atoms with Gasteiger partial charge in [-0.25, -0.2) is 13.1 Å². The highest BCUT2D eigenvalue weighted by Gasteiger charge is 2.18. The quantitative estimate of drug-likeness (QED) is 0.455. The van der Waals surface area contributed by atoms with Gasteiger partial charge in [-0.2, -0.15) is 0 Å². The van der Waals surface area contributed by atoms with Crippen LogP contribution in [-0.2, 0) is 27.9 Å². The molecule has 0 aliphatic rings. The summed E-state index contributed by atoms with van der Waals surface area (Å²) in [6.45, 7) is 4.53.